The molecule has 144 valence electrons. The van der Waals surface area contributed by atoms with Gasteiger partial charge in [-0.25, -0.2) is 8.42 Å². The molecule has 0 aromatic heterocycles. The maximum atomic E-state index is 12.9. The van der Waals surface area contributed by atoms with Crippen LogP contribution in [0.5, 0.6) is 0 Å². The Morgan fingerprint density at radius 3 is 2.59 bits per heavy atom. The van der Waals surface area contributed by atoms with E-state index in [9.17, 15) is 13.2 Å². The standard InChI is InChI=1S/C19H22N2O4S2/c1-14-6-7-17(27(23,24)21-8-10-25-11-9-21)13-18(14)19(22)20-15-4-3-5-16(12-15)26-2/h3-7,12-13H,8-11H2,1-2H3,(H,20,22). The number of benzene rings is 2. The van der Waals surface area contributed by atoms with Crippen molar-refractivity contribution in [2.45, 2.75) is 16.7 Å². The van der Waals surface area contributed by atoms with Crippen LogP contribution < -0.4 is 5.32 Å². The molecule has 1 N–H and O–H groups in total. The smallest absolute Gasteiger partial charge is 0.255 e. The van der Waals surface area contributed by atoms with E-state index in [1.807, 2.05) is 24.5 Å². The van der Waals surface area contributed by atoms with Gasteiger partial charge in [-0.2, -0.15) is 4.31 Å². The minimum absolute atomic E-state index is 0.123. The SMILES string of the molecule is CSc1cccc(NC(=O)c2cc(S(=O)(=O)N3CCOCC3)ccc2C)c1. The molecule has 6 nitrogen and oxygen atoms in total. The average Bonchev–Trinajstić information content (AvgIpc) is 2.69. The molecular weight excluding hydrogens is 384 g/mol. The van der Waals surface area contributed by atoms with Crippen molar-refractivity contribution >= 4 is 33.4 Å². The number of carbonyl (C=O) groups is 1. The number of hydrogen-bond donors (Lipinski definition) is 1. The summed E-state index contributed by atoms with van der Waals surface area (Å²) in [6.45, 7) is 3.19. The Morgan fingerprint density at radius 1 is 1.15 bits per heavy atom. The molecule has 0 saturated carbocycles. The number of amides is 1. The summed E-state index contributed by atoms with van der Waals surface area (Å²) in [4.78, 5) is 13.9. The van der Waals surface area contributed by atoms with Crippen molar-refractivity contribution in [3.63, 3.8) is 0 Å². The fraction of sp³-hybridized carbons (Fsp3) is 0.316. The van der Waals surface area contributed by atoms with Crippen LogP contribution in [0, 0.1) is 6.92 Å². The molecule has 27 heavy (non-hydrogen) atoms. The van der Waals surface area contributed by atoms with Crippen LogP contribution in [-0.2, 0) is 14.8 Å². The van der Waals surface area contributed by atoms with Gasteiger partial charge in [0.1, 0.15) is 0 Å². The molecule has 2 aromatic rings. The van der Waals surface area contributed by atoms with Crippen LogP contribution in [0.15, 0.2) is 52.3 Å². The number of nitrogens with zero attached hydrogens (tertiary/aromatic N) is 1. The van der Waals surface area contributed by atoms with Crippen LogP contribution in [0.4, 0.5) is 5.69 Å². The van der Waals surface area contributed by atoms with Gasteiger partial charge in [-0.3, -0.25) is 4.79 Å². The molecule has 0 spiro atoms. The summed E-state index contributed by atoms with van der Waals surface area (Å²) in [6.07, 6.45) is 1.96. The Hall–Kier alpha value is -1.87. The van der Waals surface area contributed by atoms with Gasteiger partial charge in [0.2, 0.25) is 10.0 Å². The molecule has 2 aromatic carbocycles. The lowest BCUT2D eigenvalue weighted by Gasteiger charge is -2.26. The summed E-state index contributed by atoms with van der Waals surface area (Å²) in [6, 6.07) is 12.2. The largest absolute Gasteiger partial charge is 0.379 e. The molecule has 1 saturated heterocycles. The second kappa shape index (κ2) is 8.43. The number of thioether (sulfide) groups is 1. The Kier molecular flexibility index (Phi) is 6.21. The monoisotopic (exact) mass is 406 g/mol. The molecular formula is C19H22N2O4S2. The Balaban J connectivity index is 1.87. The predicted molar refractivity (Wildman–Crippen MR) is 107 cm³/mol. The van der Waals surface area contributed by atoms with E-state index in [0.717, 1.165) is 10.5 Å². The molecule has 8 heteroatoms. The minimum Gasteiger partial charge on any atom is -0.379 e. The highest BCUT2D eigenvalue weighted by atomic mass is 32.2. The van der Waals surface area contributed by atoms with Gasteiger partial charge in [0, 0.05) is 29.2 Å². The van der Waals surface area contributed by atoms with E-state index in [4.69, 9.17) is 4.74 Å². The first-order valence-electron chi connectivity index (χ1n) is 8.56. The number of rotatable bonds is 5. The van der Waals surface area contributed by atoms with Crippen LogP contribution in [-0.4, -0.2) is 51.2 Å². The number of ether oxygens (including phenoxy) is 1. The third-order valence-electron chi connectivity index (χ3n) is 4.39. The van der Waals surface area contributed by atoms with E-state index >= 15 is 0 Å². The summed E-state index contributed by atoms with van der Waals surface area (Å²) in [5.74, 6) is -0.329. The number of sulfonamides is 1. The van der Waals surface area contributed by atoms with Crippen molar-refractivity contribution in [3.05, 3.63) is 53.6 Å². The number of hydrogen-bond acceptors (Lipinski definition) is 5. The zero-order valence-corrected chi connectivity index (χ0v) is 16.9. The molecule has 0 bridgehead atoms. The van der Waals surface area contributed by atoms with Crippen molar-refractivity contribution in [2.24, 2.45) is 0 Å². The van der Waals surface area contributed by atoms with Gasteiger partial charge in [0.15, 0.2) is 0 Å². The molecule has 0 radical (unpaired) electrons. The van der Waals surface area contributed by atoms with E-state index in [1.165, 1.54) is 10.4 Å². The lowest BCUT2D eigenvalue weighted by atomic mass is 10.1. The predicted octanol–water partition coefficient (Wildman–Crippen LogP) is 2.99. The van der Waals surface area contributed by atoms with Crippen molar-refractivity contribution in [2.75, 3.05) is 37.9 Å². The Labute approximate surface area is 164 Å². The highest BCUT2D eigenvalue weighted by molar-refractivity contribution is 7.98. The lowest BCUT2D eigenvalue weighted by Crippen LogP contribution is -2.40. The quantitative estimate of drug-likeness (QED) is 0.773. The summed E-state index contributed by atoms with van der Waals surface area (Å²) in [7, 11) is -3.65. The van der Waals surface area contributed by atoms with Gasteiger partial charge < -0.3 is 10.1 Å². The average molecular weight is 407 g/mol. The molecule has 1 aliphatic heterocycles. The Morgan fingerprint density at radius 2 is 1.89 bits per heavy atom. The molecule has 1 fully saturated rings. The fourth-order valence-corrected chi connectivity index (χ4v) is 4.74. The van der Waals surface area contributed by atoms with Gasteiger partial charge in [-0.05, 0) is 49.1 Å². The zero-order valence-electron chi connectivity index (χ0n) is 15.3. The van der Waals surface area contributed by atoms with Crippen LogP contribution in [0.2, 0.25) is 0 Å². The van der Waals surface area contributed by atoms with Crippen LogP contribution >= 0.6 is 11.8 Å². The second-order valence-electron chi connectivity index (χ2n) is 6.18. The number of carbonyl (C=O) groups excluding carboxylic acids is 1. The Bertz CT molecular complexity index is 938. The van der Waals surface area contributed by atoms with E-state index in [-0.39, 0.29) is 10.8 Å². The highest BCUT2D eigenvalue weighted by Crippen LogP contribution is 2.23. The van der Waals surface area contributed by atoms with Gasteiger partial charge in [-0.1, -0.05) is 12.1 Å². The van der Waals surface area contributed by atoms with Crippen LogP contribution in [0.1, 0.15) is 15.9 Å². The summed E-state index contributed by atoms with van der Waals surface area (Å²) < 4.78 is 32.3. The molecule has 1 amide bonds. The lowest BCUT2D eigenvalue weighted by molar-refractivity contribution is 0.0730. The number of aryl methyl sites for hydroxylation is 1. The third-order valence-corrected chi connectivity index (χ3v) is 7.01. The van der Waals surface area contributed by atoms with Crippen molar-refractivity contribution in [1.82, 2.24) is 4.31 Å². The van der Waals surface area contributed by atoms with Gasteiger partial charge in [0.25, 0.3) is 5.91 Å². The highest BCUT2D eigenvalue weighted by Gasteiger charge is 2.27. The van der Waals surface area contributed by atoms with Crippen molar-refractivity contribution in [1.29, 1.82) is 0 Å². The summed E-state index contributed by atoms with van der Waals surface area (Å²) >= 11 is 1.58. The van der Waals surface area contributed by atoms with E-state index in [1.54, 1.807) is 36.9 Å². The number of anilines is 1. The topological polar surface area (TPSA) is 75.7 Å². The van der Waals surface area contributed by atoms with Gasteiger partial charge >= 0.3 is 0 Å². The van der Waals surface area contributed by atoms with Crippen LogP contribution in [0.25, 0.3) is 0 Å². The minimum atomic E-state index is -3.65. The molecule has 0 atom stereocenters. The molecule has 3 rings (SSSR count). The summed E-state index contributed by atoms with van der Waals surface area (Å²) in [5.41, 5.74) is 1.74. The second-order valence-corrected chi connectivity index (χ2v) is 9.00. The first-order chi connectivity index (χ1) is 12.9. The third kappa shape index (κ3) is 4.52. The molecule has 1 aliphatic rings. The normalized spacial score (nSPS) is 15.5. The van der Waals surface area contributed by atoms with Gasteiger partial charge in [-0.15, -0.1) is 11.8 Å². The van der Waals surface area contributed by atoms with Crippen molar-refractivity contribution < 1.29 is 17.9 Å². The number of nitrogens with one attached hydrogen (secondary N) is 1. The number of morpholine rings is 1. The fourth-order valence-electron chi connectivity index (χ4n) is 2.84. The molecule has 0 unspecified atom stereocenters. The van der Waals surface area contributed by atoms with Crippen molar-refractivity contribution in [3.8, 4) is 0 Å². The van der Waals surface area contributed by atoms with E-state index < -0.39 is 10.0 Å². The van der Waals surface area contributed by atoms with Crippen LogP contribution in [0.3, 0.4) is 0 Å². The van der Waals surface area contributed by atoms with E-state index in [2.05, 4.69) is 5.32 Å². The zero-order chi connectivity index (χ0) is 19.4. The first kappa shape index (κ1) is 19.9. The molecule has 0 aliphatic carbocycles. The molecule has 1 heterocycles. The first-order valence-corrected chi connectivity index (χ1v) is 11.2. The van der Waals surface area contributed by atoms with Gasteiger partial charge in [0.05, 0.1) is 18.1 Å². The summed E-state index contributed by atoms with van der Waals surface area (Å²) in [5, 5.41) is 2.85. The van der Waals surface area contributed by atoms with E-state index in [0.29, 0.717) is 37.6 Å². The maximum absolute atomic E-state index is 12.9. The maximum Gasteiger partial charge on any atom is 0.255 e.